The smallest absolute Gasteiger partial charge is 0.410 e. The Labute approximate surface area is 158 Å². The van der Waals surface area contributed by atoms with E-state index in [1.807, 2.05) is 0 Å². The third kappa shape index (κ3) is 6.27. The maximum absolute atomic E-state index is 13.9. The quantitative estimate of drug-likeness (QED) is 0.576. The summed E-state index contributed by atoms with van der Waals surface area (Å²) < 4.78 is 29.9. The fourth-order valence-electron chi connectivity index (χ4n) is 2.72. The van der Waals surface area contributed by atoms with Gasteiger partial charge in [0.25, 0.3) is 0 Å². The lowest BCUT2D eigenvalue weighted by molar-refractivity contribution is -0.137. The molecule has 148 valence electrons. The Morgan fingerprint density at radius 3 is 2.63 bits per heavy atom. The number of amides is 1. The van der Waals surface area contributed by atoms with E-state index in [9.17, 15) is 14.0 Å². The molecule has 0 saturated carbocycles. The summed E-state index contributed by atoms with van der Waals surface area (Å²) in [6.07, 6.45) is 2.35. The van der Waals surface area contributed by atoms with Crippen LogP contribution in [0.5, 0.6) is 5.75 Å². The van der Waals surface area contributed by atoms with E-state index in [1.54, 1.807) is 45.9 Å². The number of rotatable bonds is 5. The third-order valence-electron chi connectivity index (χ3n) is 3.80. The van der Waals surface area contributed by atoms with Gasteiger partial charge < -0.3 is 14.2 Å². The van der Waals surface area contributed by atoms with Crippen molar-refractivity contribution in [3.05, 3.63) is 42.2 Å². The molecule has 7 heteroatoms. The first-order chi connectivity index (χ1) is 12.7. The van der Waals surface area contributed by atoms with Crippen LogP contribution in [0.2, 0.25) is 0 Å². The molecule has 1 amide bonds. The minimum atomic E-state index is -0.656. The molecule has 1 aromatic carbocycles. The Morgan fingerprint density at radius 2 is 2.00 bits per heavy atom. The fraction of sp³-hybridized carbons (Fsp3) is 0.500. The van der Waals surface area contributed by atoms with Crippen molar-refractivity contribution in [2.24, 2.45) is 0 Å². The molecule has 1 aliphatic heterocycles. The van der Waals surface area contributed by atoms with E-state index in [0.29, 0.717) is 6.42 Å². The standard InChI is InChI=1S/C20H26FNO5/c1-5-25-18(23)11-10-14-12-15(26-17-9-7-6-8-16(17)21)13-22(14)19(24)27-20(2,3)4/h6-11,14-15H,5,12-13H2,1-4H3/b11-10+/t14-,15+/m1/s1. The molecule has 0 bridgehead atoms. The van der Waals surface area contributed by atoms with E-state index in [0.717, 1.165) is 0 Å². The van der Waals surface area contributed by atoms with Crippen LogP contribution in [0.15, 0.2) is 36.4 Å². The third-order valence-corrected chi connectivity index (χ3v) is 3.80. The number of likely N-dealkylation sites (tertiary alicyclic amines) is 1. The fourth-order valence-corrected chi connectivity index (χ4v) is 2.72. The molecule has 0 radical (unpaired) electrons. The molecule has 0 aromatic heterocycles. The number of hydrogen-bond donors (Lipinski definition) is 0. The van der Waals surface area contributed by atoms with E-state index in [-0.39, 0.29) is 18.9 Å². The number of esters is 1. The zero-order valence-corrected chi connectivity index (χ0v) is 16.1. The van der Waals surface area contributed by atoms with Gasteiger partial charge in [-0.25, -0.2) is 14.0 Å². The van der Waals surface area contributed by atoms with Crippen LogP contribution in [0.4, 0.5) is 9.18 Å². The van der Waals surface area contributed by atoms with Gasteiger partial charge in [-0.15, -0.1) is 0 Å². The number of nitrogens with zero attached hydrogens (tertiary/aromatic N) is 1. The molecule has 1 heterocycles. The van der Waals surface area contributed by atoms with Crippen molar-refractivity contribution >= 4 is 12.1 Å². The van der Waals surface area contributed by atoms with Crippen LogP contribution in [0, 0.1) is 5.82 Å². The first-order valence-electron chi connectivity index (χ1n) is 8.95. The van der Waals surface area contributed by atoms with Gasteiger partial charge in [-0.1, -0.05) is 18.2 Å². The van der Waals surface area contributed by atoms with Gasteiger partial charge in [-0.05, 0) is 39.8 Å². The van der Waals surface area contributed by atoms with Crippen LogP contribution >= 0.6 is 0 Å². The summed E-state index contributed by atoms with van der Waals surface area (Å²) in [5.41, 5.74) is -0.656. The average Bonchev–Trinajstić information content (AvgIpc) is 2.97. The average molecular weight is 379 g/mol. The molecule has 0 unspecified atom stereocenters. The van der Waals surface area contributed by atoms with Crippen molar-refractivity contribution in [1.82, 2.24) is 4.90 Å². The zero-order valence-electron chi connectivity index (χ0n) is 16.1. The van der Waals surface area contributed by atoms with Crippen LogP contribution in [0.1, 0.15) is 34.1 Å². The molecule has 0 N–H and O–H groups in total. The number of benzene rings is 1. The maximum atomic E-state index is 13.9. The highest BCUT2D eigenvalue weighted by Gasteiger charge is 2.37. The summed E-state index contributed by atoms with van der Waals surface area (Å²) in [7, 11) is 0. The topological polar surface area (TPSA) is 65.1 Å². The van der Waals surface area contributed by atoms with Gasteiger partial charge in [0.2, 0.25) is 0 Å². The second kappa shape index (κ2) is 8.88. The highest BCUT2D eigenvalue weighted by Crippen LogP contribution is 2.27. The molecule has 27 heavy (non-hydrogen) atoms. The Kier molecular flexibility index (Phi) is 6.82. The highest BCUT2D eigenvalue weighted by atomic mass is 19.1. The van der Waals surface area contributed by atoms with E-state index in [2.05, 4.69) is 0 Å². The van der Waals surface area contributed by atoms with Crippen molar-refractivity contribution in [2.45, 2.75) is 51.9 Å². The number of hydrogen-bond acceptors (Lipinski definition) is 5. The summed E-state index contributed by atoms with van der Waals surface area (Å²) in [6.45, 7) is 7.53. The van der Waals surface area contributed by atoms with Crippen LogP contribution in [0.25, 0.3) is 0 Å². The van der Waals surface area contributed by atoms with E-state index < -0.39 is 35.6 Å². The van der Waals surface area contributed by atoms with Crippen LogP contribution in [-0.4, -0.2) is 47.9 Å². The van der Waals surface area contributed by atoms with Crippen molar-refractivity contribution in [1.29, 1.82) is 0 Å². The molecule has 0 spiro atoms. The minimum Gasteiger partial charge on any atom is -0.485 e. The first-order valence-corrected chi connectivity index (χ1v) is 8.95. The van der Waals surface area contributed by atoms with Gasteiger partial charge in [0, 0.05) is 12.5 Å². The van der Waals surface area contributed by atoms with Gasteiger partial charge in [-0.3, -0.25) is 4.90 Å². The molecule has 6 nitrogen and oxygen atoms in total. The number of carbonyl (C=O) groups is 2. The zero-order chi connectivity index (χ0) is 20.0. The van der Waals surface area contributed by atoms with Gasteiger partial charge in [-0.2, -0.15) is 0 Å². The number of ether oxygens (including phenoxy) is 3. The monoisotopic (exact) mass is 379 g/mol. The Bertz CT molecular complexity index is 698. The summed E-state index contributed by atoms with van der Waals surface area (Å²) in [4.78, 5) is 25.6. The Balaban J connectivity index is 2.13. The van der Waals surface area contributed by atoms with Gasteiger partial charge in [0.1, 0.15) is 11.7 Å². The molecule has 1 fully saturated rings. The van der Waals surface area contributed by atoms with E-state index in [1.165, 1.54) is 23.1 Å². The van der Waals surface area contributed by atoms with E-state index >= 15 is 0 Å². The highest BCUT2D eigenvalue weighted by molar-refractivity contribution is 5.82. The lowest BCUT2D eigenvalue weighted by Gasteiger charge is -2.27. The molecule has 1 aromatic rings. The van der Waals surface area contributed by atoms with Crippen molar-refractivity contribution in [3.8, 4) is 5.75 Å². The summed E-state index contributed by atoms with van der Waals surface area (Å²) >= 11 is 0. The Morgan fingerprint density at radius 1 is 1.30 bits per heavy atom. The van der Waals surface area contributed by atoms with Gasteiger partial charge in [0.15, 0.2) is 11.6 Å². The van der Waals surface area contributed by atoms with Crippen LogP contribution < -0.4 is 4.74 Å². The summed E-state index contributed by atoms with van der Waals surface area (Å²) in [5.74, 6) is -0.825. The molecular weight excluding hydrogens is 353 g/mol. The van der Waals surface area contributed by atoms with Gasteiger partial charge in [0.05, 0.1) is 19.2 Å². The first kappa shape index (κ1) is 20.7. The normalized spacial score (nSPS) is 20.0. The number of halogens is 1. The molecule has 2 rings (SSSR count). The number of carbonyl (C=O) groups excluding carboxylic acids is 2. The predicted molar refractivity (Wildman–Crippen MR) is 97.9 cm³/mol. The summed E-state index contributed by atoms with van der Waals surface area (Å²) in [5, 5.41) is 0. The van der Waals surface area contributed by atoms with Crippen molar-refractivity contribution in [3.63, 3.8) is 0 Å². The Hall–Kier alpha value is -2.57. The van der Waals surface area contributed by atoms with Gasteiger partial charge >= 0.3 is 12.1 Å². The lowest BCUT2D eigenvalue weighted by Crippen LogP contribution is -2.39. The second-order valence-corrected chi connectivity index (χ2v) is 7.22. The summed E-state index contributed by atoms with van der Waals surface area (Å²) in [6, 6.07) is 5.69. The predicted octanol–water partition coefficient (Wildman–Crippen LogP) is 3.70. The van der Waals surface area contributed by atoms with Crippen molar-refractivity contribution in [2.75, 3.05) is 13.2 Å². The largest absolute Gasteiger partial charge is 0.485 e. The number of para-hydroxylation sites is 1. The van der Waals surface area contributed by atoms with Crippen molar-refractivity contribution < 1.29 is 28.2 Å². The minimum absolute atomic E-state index is 0.127. The SMILES string of the molecule is CCOC(=O)/C=C/[C@@H]1C[C@H](Oc2ccccc2F)CN1C(=O)OC(C)(C)C. The van der Waals surface area contributed by atoms with Crippen LogP contribution in [0.3, 0.4) is 0 Å². The lowest BCUT2D eigenvalue weighted by atomic mass is 10.2. The molecule has 2 atom stereocenters. The molecule has 1 saturated heterocycles. The van der Waals surface area contributed by atoms with Crippen LogP contribution in [-0.2, 0) is 14.3 Å². The second-order valence-electron chi connectivity index (χ2n) is 7.22. The molecule has 1 aliphatic rings. The molecular formula is C20H26FNO5. The maximum Gasteiger partial charge on any atom is 0.410 e. The van der Waals surface area contributed by atoms with E-state index in [4.69, 9.17) is 14.2 Å². The molecule has 0 aliphatic carbocycles.